The smallest absolute Gasteiger partial charge is 0.389 e. The van der Waals surface area contributed by atoms with E-state index in [0.29, 0.717) is 86.5 Å². The van der Waals surface area contributed by atoms with Crippen LogP contribution in [-0.4, -0.2) is 72.1 Å². The number of alkyl halides is 3. The third-order valence-corrected chi connectivity index (χ3v) is 13.1. The molecule has 1 aromatic heterocycles. The number of carboxylic acids is 1. The fraction of sp³-hybridized carbons (Fsp3) is 0.591. The van der Waals surface area contributed by atoms with Gasteiger partial charge in [-0.25, -0.2) is 4.79 Å². The number of hydrogen-bond acceptors (Lipinski definition) is 7. The number of nitrogens with one attached hydrogen (secondary N) is 1. The molecular weight excluding hydrogens is 743 g/mol. The van der Waals surface area contributed by atoms with Crippen LogP contribution in [0.25, 0.3) is 0 Å². The Bertz CT molecular complexity index is 1870. The number of fused-ring (bicyclic) bond motifs is 4. The zero-order valence-corrected chi connectivity index (χ0v) is 33.5. The van der Waals surface area contributed by atoms with Gasteiger partial charge in [-0.05, 0) is 148 Å². The molecule has 1 fully saturated rings. The van der Waals surface area contributed by atoms with E-state index < -0.39 is 24.1 Å². The summed E-state index contributed by atoms with van der Waals surface area (Å²) in [5.74, 6) is 2.28. The van der Waals surface area contributed by atoms with Crippen molar-refractivity contribution < 1.29 is 37.3 Å². The predicted octanol–water partition coefficient (Wildman–Crippen LogP) is 10.0. The van der Waals surface area contributed by atoms with Crippen molar-refractivity contribution in [2.45, 2.75) is 120 Å². The SMILES string of the molecule is C[C@@H](COc1ccnc2c1[C@H](C)CCC2)CC1Cc2cc3c(cc2C12CCC(Nc1cccc(Cl)c1)(C(=O)O)CC2)OC(CN(C)CCCC(F)(F)F)CCO3. The first-order valence-corrected chi connectivity index (χ1v) is 20.7. The van der Waals surface area contributed by atoms with E-state index >= 15 is 0 Å². The number of aliphatic carboxylic acids is 1. The topological polar surface area (TPSA) is 93.2 Å². The minimum Gasteiger partial charge on any atom is -0.493 e. The Balaban J connectivity index is 1.13. The number of halogens is 4. The first-order chi connectivity index (χ1) is 26.7. The molecule has 0 amide bonds. The Kier molecular flexibility index (Phi) is 12.0. The van der Waals surface area contributed by atoms with Gasteiger partial charge in [0.2, 0.25) is 0 Å². The van der Waals surface area contributed by atoms with Gasteiger partial charge in [-0.3, -0.25) is 4.98 Å². The lowest BCUT2D eigenvalue weighted by Gasteiger charge is -2.47. The maximum Gasteiger partial charge on any atom is 0.389 e. The number of nitrogens with zero attached hydrogens (tertiary/aromatic N) is 2. The molecule has 12 heteroatoms. The van der Waals surface area contributed by atoms with Crippen molar-refractivity contribution in [1.29, 1.82) is 0 Å². The second kappa shape index (κ2) is 16.6. The van der Waals surface area contributed by atoms with Crippen LogP contribution in [0, 0.1) is 11.8 Å². The van der Waals surface area contributed by atoms with E-state index in [9.17, 15) is 23.1 Å². The van der Waals surface area contributed by atoms with Crippen LogP contribution in [0.1, 0.15) is 106 Å². The monoisotopic (exact) mass is 797 g/mol. The van der Waals surface area contributed by atoms with Crippen LogP contribution in [-0.2, 0) is 23.1 Å². The van der Waals surface area contributed by atoms with E-state index in [0.717, 1.165) is 43.5 Å². The molecule has 0 radical (unpaired) electrons. The molecule has 4 aliphatic rings. The Labute approximate surface area is 333 Å². The maximum absolute atomic E-state index is 13.1. The molecule has 8 nitrogen and oxygen atoms in total. The van der Waals surface area contributed by atoms with Gasteiger partial charge in [-0.2, -0.15) is 13.2 Å². The molecule has 2 aromatic carbocycles. The number of anilines is 1. The van der Waals surface area contributed by atoms with E-state index in [1.165, 1.54) is 16.7 Å². The van der Waals surface area contributed by atoms with Crippen LogP contribution in [0.2, 0.25) is 5.02 Å². The molecule has 1 aliphatic heterocycles. The Hall–Kier alpha value is -3.70. The molecule has 0 bridgehead atoms. The highest BCUT2D eigenvalue weighted by Crippen LogP contribution is 2.58. The van der Waals surface area contributed by atoms with E-state index in [1.54, 1.807) is 12.1 Å². The van der Waals surface area contributed by atoms with Crippen molar-refractivity contribution in [3.05, 3.63) is 76.1 Å². The Morgan fingerprint density at radius 1 is 1.14 bits per heavy atom. The summed E-state index contributed by atoms with van der Waals surface area (Å²) in [6, 6.07) is 13.5. The molecule has 1 spiro atoms. The first kappa shape index (κ1) is 40.5. The minimum absolute atomic E-state index is 0.0363. The molecule has 1 saturated carbocycles. The summed E-state index contributed by atoms with van der Waals surface area (Å²) < 4.78 is 57.9. The quantitative estimate of drug-likeness (QED) is 0.177. The number of likely N-dealkylation sites (N-methyl/N-ethyl adjacent to an activating group) is 1. The molecule has 7 rings (SSSR count). The van der Waals surface area contributed by atoms with Crippen LogP contribution in [0.15, 0.2) is 48.7 Å². The molecule has 3 aromatic rings. The third-order valence-electron chi connectivity index (χ3n) is 12.9. The van der Waals surface area contributed by atoms with Gasteiger partial charge in [0.1, 0.15) is 17.4 Å². The number of aryl methyl sites for hydroxylation is 1. The number of carbonyl (C=O) groups is 1. The molecule has 2 N–H and O–H groups in total. The predicted molar refractivity (Wildman–Crippen MR) is 211 cm³/mol. The summed E-state index contributed by atoms with van der Waals surface area (Å²) in [7, 11) is 1.83. The Morgan fingerprint density at radius 2 is 1.95 bits per heavy atom. The minimum atomic E-state index is -4.17. The van der Waals surface area contributed by atoms with Crippen LogP contribution in [0.4, 0.5) is 18.9 Å². The molecule has 4 atom stereocenters. The molecule has 304 valence electrons. The number of pyridine rings is 1. The summed E-state index contributed by atoms with van der Waals surface area (Å²) in [4.78, 5) is 19.6. The van der Waals surface area contributed by atoms with Gasteiger partial charge in [0.15, 0.2) is 11.5 Å². The van der Waals surface area contributed by atoms with E-state index in [-0.39, 0.29) is 29.8 Å². The van der Waals surface area contributed by atoms with Gasteiger partial charge in [0.05, 0.1) is 13.2 Å². The molecule has 3 aliphatic carbocycles. The summed E-state index contributed by atoms with van der Waals surface area (Å²) in [5, 5.41) is 14.6. The van der Waals surface area contributed by atoms with Crippen molar-refractivity contribution in [3.63, 3.8) is 0 Å². The molecule has 2 heterocycles. The standard InChI is InChI=1S/C44H55ClF3N3O5/c1-28(27-55-37-11-18-49-36-10-4-7-29(2)40(36)37)21-31-22-30-23-38-39(56-34(12-20-54-38)26-51(3)19-6-13-44(46,47)48)25-35(30)42(31)14-16-43(17-15-42,41(52)53)50-33-9-5-8-32(45)24-33/h5,8-9,11,18,23-25,28-29,31,34,50H,4,6-7,10,12-17,19-22,26-27H2,1-3H3,(H,52,53)/t28-,29-,31?,34?,42?,43?/m1/s1. The van der Waals surface area contributed by atoms with E-state index in [2.05, 4.69) is 36.3 Å². The lowest BCUT2D eigenvalue weighted by molar-refractivity contribution is -0.144. The third kappa shape index (κ3) is 8.89. The van der Waals surface area contributed by atoms with Gasteiger partial charge in [0, 0.05) is 47.6 Å². The van der Waals surface area contributed by atoms with Crippen LogP contribution < -0.4 is 19.5 Å². The normalized spacial score (nSPS) is 26.3. The highest BCUT2D eigenvalue weighted by molar-refractivity contribution is 6.30. The highest BCUT2D eigenvalue weighted by Gasteiger charge is 2.54. The zero-order valence-electron chi connectivity index (χ0n) is 32.7. The maximum atomic E-state index is 13.1. The zero-order chi connectivity index (χ0) is 39.7. The van der Waals surface area contributed by atoms with Gasteiger partial charge >= 0.3 is 12.1 Å². The van der Waals surface area contributed by atoms with Crippen LogP contribution in [0.3, 0.4) is 0 Å². The van der Waals surface area contributed by atoms with Gasteiger partial charge in [0.25, 0.3) is 0 Å². The number of ether oxygens (including phenoxy) is 3. The number of hydrogen-bond donors (Lipinski definition) is 2. The van der Waals surface area contributed by atoms with E-state index in [4.69, 9.17) is 25.8 Å². The number of aromatic nitrogens is 1. The molecule has 56 heavy (non-hydrogen) atoms. The van der Waals surface area contributed by atoms with Gasteiger partial charge in [-0.1, -0.05) is 31.5 Å². The molecular formula is C44H55ClF3N3O5. The largest absolute Gasteiger partial charge is 0.493 e. The van der Waals surface area contributed by atoms with Crippen molar-refractivity contribution >= 4 is 23.3 Å². The molecule has 2 unspecified atom stereocenters. The summed E-state index contributed by atoms with van der Waals surface area (Å²) in [6.07, 6.45) is 4.47. The second-order valence-electron chi connectivity index (χ2n) is 17.0. The van der Waals surface area contributed by atoms with E-state index in [1.807, 2.05) is 36.3 Å². The summed E-state index contributed by atoms with van der Waals surface area (Å²) in [6.45, 7) is 6.33. The fourth-order valence-electron chi connectivity index (χ4n) is 9.97. The number of benzene rings is 2. The summed E-state index contributed by atoms with van der Waals surface area (Å²) >= 11 is 6.30. The highest BCUT2D eigenvalue weighted by atomic mass is 35.5. The number of rotatable bonds is 13. The van der Waals surface area contributed by atoms with Gasteiger partial charge < -0.3 is 29.5 Å². The van der Waals surface area contributed by atoms with Crippen molar-refractivity contribution in [2.75, 3.05) is 38.7 Å². The average Bonchev–Trinajstić information content (AvgIpc) is 3.26. The lowest BCUT2D eigenvalue weighted by Crippen LogP contribution is -2.53. The van der Waals surface area contributed by atoms with Gasteiger partial charge in [-0.15, -0.1) is 0 Å². The van der Waals surface area contributed by atoms with Crippen LogP contribution >= 0.6 is 11.6 Å². The van der Waals surface area contributed by atoms with Crippen molar-refractivity contribution in [1.82, 2.24) is 9.88 Å². The lowest BCUT2D eigenvalue weighted by atomic mass is 9.59. The first-order valence-electron chi connectivity index (χ1n) is 20.3. The summed E-state index contributed by atoms with van der Waals surface area (Å²) in [5.41, 5.74) is 4.02. The molecule has 0 saturated heterocycles. The van der Waals surface area contributed by atoms with Crippen molar-refractivity contribution in [2.24, 2.45) is 11.8 Å². The van der Waals surface area contributed by atoms with Crippen molar-refractivity contribution in [3.8, 4) is 17.2 Å². The fourth-order valence-corrected chi connectivity index (χ4v) is 10.2. The number of carboxylic acid groups (broad SMARTS) is 1. The Morgan fingerprint density at radius 3 is 2.70 bits per heavy atom. The van der Waals surface area contributed by atoms with Crippen LogP contribution in [0.5, 0.6) is 17.2 Å². The second-order valence-corrected chi connectivity index (χ2v) is 17.4. The average molecular weight is 798 g/mol.